The Kier molecular flexibility index (Phi) is 4.83. The molecular formula is C17H21N3O3. The van der Waals surface area contributed by atoms with E-state index in [4.69, 9.17) is 4.74 Å². The highest BCUT2D eigenvalue weighted by molar-refractivity contribution is 6.01. The van der Waals surface area contributed by atoms with Gasteiger partial charge in [-0.15, -0.1) is 0 Å². The number of carbonyl (C=O) groups is 2. The SMILES string of the molecule is CCOC(=O)c1cnn(-c2ccccc2)c1NC(=O)C(C)(C)C. The number of hydrogen-bond acceptors (Lipinski definition) is 4. The first-order valence-corrected chi connectivity index (χ1v) is 7.46. The zero-order valence-corrected chi connectivity index (χ0v) is 13.8. The summed E-state index contributed by atoms with van der Waals surface area (Å²) in [7, 11) is 0. The lowest BCUT2D eigenvalue weighted by Crippen LogP contribution is -2.29. The summed E-state index contributed by atoms with van der Waals surface area (Å²) in [5.41, 5.74) is 0.373. The molecule has 0 saturated heterocycles. The van der Waals surface area contributed by atoms with Gasteiger partial charge in [-0.1, -0.05) is 39.0 Å². The fourth-order valence-corrected chi connectivity index (χ4v) is 1.89. The maximum absolute atomic E-state index is 12.3. The molecular weight excluding hydrogens is 294 g/mol. The maximum Gasteiger partial charge on any atom is 0.343 e. The molecule has 0 bridgehead atoms. The second kappa shape index (κ2) is 6.64. The lowest BCUT2D eigenvalue weighted by Gasteiger charge is -2.19. The van der Waals surface area contributed by atoms with Gasteiger partial charge in [0.2, 0.25) is 5.91 Å². The van der Waals surface area contributed by atoms with Crippen molar-refractivity contribution in [2.24, 2.45) is 5.41 Å². The minimum atomic E-state index is -0.599. The van der Waals surface area contributed by atoms with Gasteiger partial charge in [0, 0.05) is 5.41 Å². The zero-order chi connectivity index (χ0) is 17.0. The number of anilines is 1. The number of benzene rings is 1. The molecule has 1 aromatic heterocycles. The molecule has 1 amide bonds. The van der Waals surface area contributed by atoms with Crippen LogP contribution in [0.4, 0.5) is 5.82 Å². The van der Waals surface area contributed by atoms with Crippen LogP contribution in [0, 0.1) is 5.41 Å². The minimum absolute atomic E-state index is 0.208. The van der Waals surface area contributed by atoms with E-state index >= 15 is 0 Å². The van der Waals surface area contributed by atoms with Gasteiger partial charge in [-0.3, -0.25) is 4.79 Å². The largest absolute Gasteiger partial charge is 0.462 e. The van der Waals surface area contributed by atoms with E-state index in [0.29, 0.717) is 5.82 Å². The highest BCUT2D eigenvalue weighted by atomic mass is 16.5. The number of carbonyl (C=O) groups excluding carboxylic acids is 2. The van der Waals surface area contributed by atoms with Crippen LogP contribution >= 0.6 is 0 Å². The van der Waals surface area contributed by atoms with Crippen molar-refractivity contribution < 1.29 is 14.3 Å². The standard InChI is InChI=1S/C17H21N3O3/c1-5-23-15(21)13-11-18-20(12-9-7-6-8-10-12)14(13)19-16(22)17(2,3)4/h6-11H,5H2,1-4H3,(H,19,22). The number of ether oxygens (including phenoxy) is 1. The second-order valence-electron chi connectivity index (χ2n) is 6.08. The van der Waals surface area contributed by atoms with Gasteiger partial charge in [-0.05, 0) is 19.1 Å². The number of esters is 1. The fourth-order valence-electron chi connectivity index (χ4n) is 1.89. The van der Waals surface area contributed by atoms with Crippen LogP contribution in [0.2, 0.25) is 0 Å². The van der Waals surface area contributed by atoms with Gasteiger partial charge in [0.25, 0.3) is 0 Å². The normalized spacial score (nSPS) is 11.1. The first kappa shape index (κ1) is 16.7. The van der Waals surface area contributed by atoms with Crippen LogP contribution in [0.3, 0.4) is 0 Å². The van der Waals surface area contributed by atoms with Crippen molar-refractivity contribution in [3.63, 3.8) is 0 Å². The van der Waals surface area contributed by atoms with Crippen molar-refractivity contribution in [2.45, 2.75) is 27.7 Å². The molecule has 1 heterocycles. The molecule has 6 nitrogen and oxygen atoms in total. The number of rotatable bonds is 4. The predicted octanol–water partition coefficient (Wildman–Crippen LogP) is 3.03. The van der Waals surface area contributed by atoms with Gasteiger partial charge in [-0.2, -0.15) is 5.10 Å². The lowest BCUT2D eigenvalue weighted by atomic mass is 9.96. The molecule has 0 fully saturated rings. The smallest absolute Gasteiger partial charge is 0.343 e. The van der Waals surface area contributed by atoms with Crippen LogP contribution in [0.15, 0.2) is 36.5 Å². The number of para-hydroxylation sites is 1. The van der Waals surface area contributed by atoms with Crippen LogP contribution < -0.4 is 5.32 Å². The average molecular weight is 315 g/mol. The summed E-state index contributed by atoms with van der Waals surface area (Å²) in [6, 6.07) is 9.28. The number of amides is 1. The molecule has 122 valence electrons. The fraction of sp³-hybridized carbons (Fsp3) is 0.353. The molecule has 23 heavy (non-hydrogen) atoms. The third-order valence-electron chi connectivity index (χ3n) is 3.18. The van der Waals surface area contributed by atoms with Crippen molar-refractivity contribution in [1.82, 2.24) is 9.78 Å². The van der Waals surface area contributed by atoms with Crippen LogP contribution in [0.5, 0.6) is 0 Å². The molecule has 1 aromatic carbocycles. The first-order valence-electron chi connectivity index (χ1n) is 7.46. The lowest BCUT2D eigenvalue weighted by molar-refractivity contribution is -0.123. The minimum Gasteiger partial charge on any atom is -0.462 e. The van der Waals surface area contributed by atoms with E-state index in [2.05, 4.69) is 10.4 Å². The van der Waals surface area contributed by atoms with Crippen molar-refractivity contribution in [1.29, 1.82) is 0 Å². The van der Waals surface area contributed by atoms with Gasteiger partial charge in [0.1, 0.15) is 5.56 Å². The third kappa shape index (κ3) is 3.77. The maximum atomic E-state index is 12.3. The Morgan fingerprint density at radius 3 is 2.43 bits per heavy atom. The zero-order valence-electron chi connectivity index (χ0n) is 13.8. The van der Waals surface area contributed by atoms with E-state index in [9.17, 15) is 9.59 Å². The summed E-state index contributed by atoms with van der Waals surface area (Å²) < 4.78 is 6.57. The van der Waals surface area contributed by atoms with Crippen LogP contribution in [0.1, 0.15) is 38.1 Å². The quantitative estimate of drug-likeness (QED) is 0.880. The molecule has 0 atom stereocenters. The topological polar surface area (TPSA) is 73.2 Å². The molecule has 0 radical (unpaired) electrons. The Bertz CT molecular complexity index is 700. The Morgan fingerprint density at radius 1 is 1.22 bits per heavy atom. The average Bonchev–Trinajstić information content (AvgIpc) is 2.91. The van der Waals surface area contributed by atoms with E-state index in [1.165, 1.54) is 10.9 Å². The van der Waals surface area contributed by atoms with E-state index in [1.807, 2.05) is 30.3 Å². The Balaban J connectivity index is 2.48. The number of hydrogen-bond donors (Lipinski definition) is 1. The third-order valence-corrected chi connectivity index (χ3v) is 3.18. The number of nitrogens with zero attached hydrogens (tertiary/aromatic N) is 2. The molecule has 0 unspecified atom stereocenters. The summed E-state index contributed by atoms with van der Waals surface area (Å²) in [5, 5.41) is 7.02. The Morgan fingerprint density at radius 2 is 1.87 bits per heavy atom. The van der Waals surface area contributed by atoms with Crippen LogP contribution in [-0.2, 0) is 9.53 Å². The van der Waals surface area contributed by atoms with Gasteiger partial charge in [0.05, 0.1) is 18.5 Å². The molecule has 2 aromatic rings. The Hall–Kier alpha value is -2.63. The monoisotopic (exact) mass is 315 g/mol. The van der Waals surface area contributed by atoms with Crippen molar-refractivity contribution in [2.75, 3.05) is 11.9 Å². The van der Waals surface area contributed by atoms with E-state index < -0.39 is 11.4 Å². The molecule has 0 saturated carbocycles. The van der Waals surface area contributed by atoms with Crippen LogP contribution in [0.25, 0.3) is 5.69 Å². The molecule has 1 N–H and O–H groups in total. The summed E-state index contributed by atoms with van der Waals surface area (Å²) in [6.45, 7) is 7.38. The molecule has 0 aliphatic rings. The van der Waals surface area contributed by atoms with Crippen molar-refractivity contribution >= 4 is 17.7 Å². The summed E-state index contributed by atoms with van der Waals surface area (Å²) in [6.07, 6.45) is 1.41. The van der Waals surface area contributed by atoms with Gasteiger partial charge >= 0.3 is 5.97 Å². The van der Waals surface area contributed by atoms with Gasteiger partial charge < -0.3 is 10.1 Å². The van der Waals surface area contributed by atoms with Gasteiger partial charge in [0.15, 0.2) is 5.82 Å². The number of nitrogens with one attached hydrogen (secondary N) is 1. The molecule has 2 rings (SSSR count). The molecule has 0 aliphatic carbocycles. The predicted molar refractivity (Wildman–Crippen MR) is 87.6 cm³/mol. The van der Waals surface area contributed by atoms with E-state index in [0.717, 1.165) is 5.69 Å². The Labute approximate surface area is 135 Å². The summed E-state index contributed by atoms with van der Waals surface area (Å²) in [5.74, 6) is -0.408. The number of aromatic nitrogens is 2. The van der Waals surface area contributed by atoms with E-state index in [-0.39, 0.29) is 18.1 Å². The molecule has 6 heteroatoms. The van der Waals surface area contributed by atoms with E-state index in [1.54, 1.807) is 27.7 Å². The summed E-state index contributed by atoms with van der Waals surface area (Å²) in [4.78, 5) is 24.5. The highest BCUT2D eigenvalue weighted by Crippen LogP contribution is 2.24. The summed E-state index contributed by atoms with van der Waals surface area (Å²) >= 11 is 0. The second-order valence-corrected chi connectivity index (χ2v) is 6.08. The first-order chi connectivity index (χ1) is 10.8. The van der Waals surface area contributed by atoms with Crippen LogP contribution in [-0.4, -0.2) is 28.3 Å². The van der Waals surface area contributed by atoms with Crippen molar-refractivity contribution in [3.05, 3.63) is 42.1 Å². The highest BCUT2D eigenvalue weighted by Gasteiger charge is 2.26. The molecule has 0 aliphatic heterocycles. The van der Waals surface area contributed by atoms with Gasteiger partial charge in [-0.25, -0.2) is 9.48 Å². The van der Waals surface area contributed by atoms with Crippen molar-refractivity contribution in [3.8, 4) is 5.69 Å². The molecule has 0 spiro atoms.